The fraction of sp³-hybridized carbons (Fsp3) is 0.429. The van der Waals surface area contributed by atoms with Gasteiger partial charge in [0.25, 0.3) is 0 Å². The van der Waals surface area contributed by atoms with E-state index >= 15 is 0 Å². The molecule has 0 spiro atoms. The van der Waals surface area contributed by atoms with Crippen molar-refractivity contribution in [2.24, 2.45) is 5.92 Å². The molecule has 3 heteroatoms. The highest BCUT2D eigenvalue weighted by Crippen LogP contribution is 2.31. The van der Waals surface area contributed by atoms with Gasteiger partial charge < -0.3 is 4.74 Å². The standard InChI is InChI=1S/C21H26BrNO/c1-16-8-10-23(11-9-16)14-19-13-20(22)12-17(2)21(19)24-15-18-6-4-3-5-7-18/h3-7,12-13,16H,8-11,14-15H2,1-2H3. The second-order valence-electron chi connectivity index (χ2n) is 6.94. The summed E-state index contributed by atoms with van der Waals surface area (Å²) in [5.41, 5.74) is 3.69. The van der Waals surface area contributed by atoms with E-state index in [1.54, 1.807) is 0 Å². The van der Waals surface area contributed by atoms with Gasteiger partial charge in [0, 0.05) is 16.6 Å². The highest BCUT2D eigenvalue weighted by atomic mass is 79.9. The molecule has 0 unspecified atom stereocenters. The normalized spacial score (nSPS) is 16.3. The Bertz CT molecular complexity index is 663. The Hall–Kier alpha value is -1.32. The maximum atomic E-state index is 6.22. The van der Waals surface area contributed by atoms with Crippen LogP contribution in [0.1, 0.15) is 36.5 Å². The van der Waals surface area contributed by atoms with E-state index in [4.69, 9.17) is 4.74 Å². The fourth-order valence-corrected chi connectivity index (χ4v) is 3.93. The summed E-state index contributed by atoms with van der Waals surface area (Å²) in [6.07, 6.45) is 2.60. The number of likely N-dealkylation sites (tertiary alicyclic amines) is 1. The number of benzene rings is 2. The van der Waals surface area contributed by atoms with Crippen molar-refractivity contribution in [3.8, 4) is 5.75 Å². The van der Waals surface area contributed by atoms with Crippen molar-refractivity contribution in [1.82, 2.24) is 4.90 Å². The Morgan fingerprint density at radius 1 is 1.12 bits per heavy atom. The van der Waals surface area contributed by atoms with Gasteiger partial charge in [-0.05, 0) is 62.0 Å². The van der Waals surface area contributed by atoms with Crippen LogP contribution in [0.2, 0.25) is 0 Å². The first kappa shape index (κ1) is 17.5. The van der Waals surface area contributed by atoms with Crippen molar-refractivity contribution in [3.63, 3.8) is 0 Å². The number of hydrogen-bond donors (Lipinski definition) is 0. The number of rotatable bonds is 5. The summed E-state index contributed by atoms with van der Waals surface area (Å²) >= 11 is 3.64. The summed E-state index contributed by atoms with van der Waals surface area (Å²) in [5.74, 6) is 1.90. The van der Waals surface area contributed by atoms with Gasteiger partial charge >= 0.3 is 0 Å². The molecule has 128 valence electrons. The van der Waals surface area contributed by atoms with Gasteiger partial charge in [-0.15, -0.1) is 0 Å². The van der Waals surface area contributed by atoms with Gasteiger partial charge in [-0.3, -0.25) is 4.90 Å². The number of nitrogens with zero attached hydrogens (tertiary/aromatic N) is 1. The van der Waals surface area contributed by atoms with E-state index in [0.717, 1.165) is 22.7 Å². The van der Waals surface area contributed by atoms with E-state index in [-0.39, 0.29) is 0 Å². The smallest absolute Gasteiger partial charge is 0.127 e. The second-order valence-corrected chi connectivity index (χ2v) is 7.86. The zero-order valence-electron chi connectivity index (χ0n) is 14.6. The average molecular weight is 388 g/mol. The highest BCUT2D eigenvalue weighted by Gasteiger charge is 2.18. The molecule has 3 rings (SSSR count). The minimum Gasteiger partial charge on any atom is -0.488 e. The lowest BCUT2D eigenvalue weighted by Gasteiger charge is -2.31. The van der Waals surface area contributed by atoms with Crippen LogP contribution in [0.3, 0.4) is 0 Å². The van der Waals surface area contributed by atoms with Crippen LogP contribution in [0.25, 0.3) is 0 Å². The van der Waals surface area contributed by atoms with E-state index in [0.29, 0.717) is 6.61 Å². The van der Waals surface area contributed by atoms with Gasteiger partial charge in [0.05, 0.1) is 0 Å². The van der Waals surface area contributed by atoms with Crippen molar-refractivity contribution in [2.45, 2.75) is 39.8 Å². The lowest BCUT2D eigenvalue weighted by Crippen LogP contribution is -2.32. The summed E-state index contributed by atoms with van der Waals surface area (Å²) in [7, 11) is 0. The number of ether oxygens (including phenoxy) is 1. The predicted molar refractivity (Wildman–Crippen MR) is 103 cm³/mol. The monoisotopic (exact) mass is 387 g/mol. The molecule has 0 aromatic heterocycles. The quantitative estimate of drug-likeness (QED) is 0.664. The minimum atomic E-state index is 0.618. The first-order valence-electron chi connectivity index (χ1n) is 8.80. The molecule has 2 aromatic carbocycles. The van der Waals surface area contributed by atoms with Gasteiger partial charge in [0.2, 0.25) is 0 Å². The first-order valence-corrected chi connectivity index (χ1v) is 9.59. The van der Waals surface area contributed by atoms with Crippen molar-refractivity contribution in [2.75, 3.05) is 13.1 Å². The molecule has 0 amide bonds. The topological polar surface area (TPSA) is 12.5 Å². The summed E-state index contributed by atoms with van der Waals surface area (Å²) in [6.45, 7) is 8.45. The van der Waals surface area contributed by atoms with Gasteiger partial charge in [-0.2, -0.15) is 0 Å². The molecule has 1 heterocycles. The number of piperidine rings is 1. The molecule has 1 fully saturated rings. The SMILES string of the molecule is Cc1cc(Br)cc(CN2CCC(C)CC2)c1OCc1ccccc1. The van der Waals surface area contributed by atoms with E-state index in [9.17, 15) is 0 Å². The summed E-state index contributed by atoms with van der Waals surface area (Å²) in [5, 5.41) is 0. The van der Waals surface area contributed by atoms with Crippen LogP contribution in [0.15, 0.2) is 46.9 Å². The van der Waals surface area contributed by atoms with Crippen LogP contribution < -0.4 is 4.74 Å². The molecule has 2 aromatic rings. The Kier molecular flexibility index (Phi) is 5.96. The van der Waals surface area contributed by atoms with E-state index in [1.165, 1.54) is 42.6 Å². The van der Waals surface area contributed by atoms with E-state index in [2.05, 4.69) is 71.1 Å². The van der Waals surface area contributed by atoms with Crippen LogP contribution in [0, 0.1) is 12.8 Å². The van der Waals surface area contributed by atoms with Gasteiger partial charge in [-0.25, -0.2) is 0 Å². The average Bonchev–Trinajstić information content (AvgIpc) is 2.57. The third-order valence-corrected chi connectivity index (χ3v) is 5.27. The number of aryl methyl sites for hydroxylation is 1. The molecule has 0 atom stereocenters. The number of halogens is 1. The van der Waals surface area contributed by atoms with Crippen LogP contribution in [-0.2, 0) is 13.2 Å². The molecule has 0 aliphatic carbocycles. The Balaban J connectivity index is 1.74. The largest absolute Gasteiger partial charge is 0.488 e. The molecule has 2 nitrogen and oxygen atoms in total. The van der Waals surface area contributed by atoms with Crippen LogP contribution in [-0.4, -0.2) is 18.0 Å². The molecule has 1 aliphatic heterocycles. The fourth-order valence-electron chi connectivity index (χ4n) is 3.31. The van der Waals surface area contributed by atoms with Gasteiger partial charge in [0.1, 0.15) is 12.4 Å². The molecular weight excluding hydrogens is 362 g/mol. The lowest BCUT2D eigenvalue weighted by atomic mass is 9.98. The van der Waals surface area contributed by atoms with Crippen molar-refractivity contribution < 1.29 is 4.74 Å². The molecule has 1 saturated heterocycles. The maximum absolute atomic E-state index is 6.22. The molecule has 0 N–H and O–H groups in total. The van der Waals surface area contributed by atoms with Gasteiger partial charge in [0.15, 0.2) is 0 Å². The molecule has 1 aliphatic rings. The first-order chi connectivity index (χ1) is 11.6. The predicted octanol–water partition coefficient (Wildman–Crippen LogP) is 5.57. The molecular formula is C21H26BrNO. The third-order valence-electron chi connectivity index (χ3n) is 4.81. The van der Waals surface area contributed by atoms with Crippen molar-refractivity contribution >= 4 is 15.9 Å². The summed E-state index contributed by atoms with van der Waals surface area (Å²) < 4.78 is 7.36. The van der Waals surface area contributed by atoms with E-state index in [1.807, 2.05) is 6.07 Å². The minimum absolute atomic E-state index is 0.618. The third kappa shape index (κ3) is 4.61. The summed E-state index contributed by atoms with van der Waals surface area (Å²) in [6, 6.07) is 14.7. The molecule has 0 saturated carbocycles. The van der Waals surface area contributed by atoms with Crippen LogP contribution >= 0.6 is 15.9 Å². The molecule has 0 radical (unpaired) electrons. The van der Waals surface area contributed by atoms with Crippen LogP contribution in [0.4, 0.5) is 0 Å². The maximum Gasteiger partial charge on any atom is 0.127 e. The zero-order valence-corrected chi connectivity index (χ0v) is 16.2. The number of hydrogen-bond acceptors (Lipinski definition) is 2. The highest BCUT2D eigenvalue weighted by molar-refractivity contribution is 9.10. The Morgan fingerprint density at radius 2 is 1.83 bits per heavy atom. The van der Waals surface area contributed by atoms with Crippen molar-refractivity contribution in [3.05, 3.63) is 63.6 Å². The molecule has 24 heavy (non-hydrogen) atoms. The van der Waals surface area contributed by atoms with Gasteiger partial charge in [-0.1, -0.05) is 53.2 Å². The van der Waals surface area contributed by atoms with Crippen molar-refractivity contribution in [1.29, 1.82) is 0 Å². The molecule has 0 bridgehead atoms. The van der Waals surface area contributed by atoms with E-state index < -0.39 is 0 Å². The van der Waals surface area contributed by atoms with Crippen LogP contribution in [0.5, 0.6) is 5.75 Å². The summed E-state index contributed by atoms with van der Waals surface area (Å²) in [4.78, 5) is 2.55. The zero-order chi connectivity index (χ0) is 16.9. The Labute approximate surface area is 154 Å². The Morgan fingerprint density at radius 3 is 2.54 bits per heavy atom. The lowest BCUT2D eigenvalue weighted by molar-refractivity contribution is 0.182. The second kappa shape index (κ2) is 8.17.